The zero-order chi connectivity index (χ0) is 22.3. The molecule has 0 aliphatic rings. The minimum absolute atomic E-state index is 0.0387. The lowest BCUT2D eigenvalue weighted by molar-refractivity contribution is 0.0639. The van der Waals surface area contributed by atoms with Crippen molar-refractivity contribution in [1.82, 2.24) is 18.7 Å². The molecule has 0 aliphatic carbocycles. The van der Waals surface area contributed by atoms with Gasteiger partial charge in [-0.15, -0.1) is 5.10 Å². The summed E-state index contributed by atoms with van der Waals surface area (Å²) in [4.78, 5) is 24.7. The second kappa shape index (κ2) is 8.26. The first-order valence-corrected chi connectivity index (χ1v) is 9.92. The SMILES string of the molecule is Cc1nn(-c2cc(C(=O)CN(C(C)C)S(N)(=O)=O)c(Cl)cc2F)c(=O)n1C(F)F. The maximum atomic E-state index is 14.4. The van der Waals surface area contributed by atoms with Gasteiger partial charge in [-0.1, -0.05) is 11.6 Å². The highest BCUT2D eigenvalue weighted by Crippen LogP contribution is 2.24. The summed E-state index contributed by atoms with van der Waals surface area (Å²) in [6.07, 6.45) is 0. The number of hydrogen-bond donors (Lipinski definition) is 1. The van der Waals surface area contributed by atoms with E-state index in [1.165, 1.54) is 13.8 Å². The summed E-state index contributed by atoms with van der Waals surface area (Å²) in [5.74, 6) is -2.33. The third-order valence-corrected chi connectivity index (χ3v) is 5.46. The Hall–Kier alpha value is -2.22. The molecule has 0 aliphatic heterocycles. The van der Waals surface area contributed by atoms with E-state index in [1.807, 2.05) is 0 Å². The maximum absolute atomic E-state index is 14.4. The summed E-state index contributed by atoms with van der Waals surface area (Å²) < 4.78 is 64.7. The minimum atomic E-state index is -4.23. The Balaban J connectivity index is 2.57. The van der Waals surface area contributed by atoms with Crippen molar-refractivity contribution >= 4 is 27.6 Å². The molecule has 29 heavy (non-hydrogen) atoms. The van der Waals surface area contributed by atoms with Crippen LogP contribution in [-0.2, 0) is 10.2 Å². The topological polar surface area (TPSA) is 120 Å². The van der Waals surface area contributed by atoms with Crippen molar-refractivity contribution in [3.63, 3.8) is 0 Å². The number of alkyl halides is 2. The van der Waals surface area contributed by atoms with Crippen LogP contribution in [-0.4, -0.2) is 45.4 Å². The van der Waals surface area contributed by atoms with Gasteiger partial charge in [-0.3, -0.25) is 4.79 Å². The molecule has 0 atom stereocenters. The maximum Gasteiger partial charge on any atom is 0.355 e. The molecule has 9 nitrogen and oxygen atoms in total. The number of hydrogen-bond acceptors (Lipinski definition) is 5. The summed E-state index contributed by atoms with van der Waals surface area (Å²) >= 11 is 5.89. The van der Waals surface area contributed by atoms with E-state index in [0.29, 0.717) is 15.1 Å². The van der Waals surface area contributed by atoms with E-state index in [9.17, 15) is 31.2 Å². The zero-order valence-corrected chi connectivity index (χ0v) is 17.0. The van der Waals surface area contributed by atoms with E-state index in [4.69, 9.17) is 16.7 Å². The van der Waals surface area contributed by atoms with Gasteiger partial charge in [0.2, 0.25) is 0 Å². The quantitative estimate of drug-likeness (QED) is 0.636. The van der Waals surface area contributed by atoms with Crippen LogP contribution in [0.3, 0.4) is 0 Å². The predicted molar refractivity (Wildman–Crippen MR) is 98.1 cm³/mol. The Morgan fingerprint density at radius 2 is 1.93 bits per heavy atom. The molecule has 0 spiro atoms. The number of halogens is 4. The molecule has 0 bridgehead atoms. The van der Waals surface area contributed by atoms with Gasteiger partial charge >= 0.3 is 12.2 Å². The predicted octanol–water partition coefficient (Wildman–Crippen LogP) is 1.63. The number of Topliss-reactive ketones (excluding diaryl/α,β-unsaturated/α-hetero) is 1. The van der Waals surface area contributed by atoms with E-state index in [0.717, 1.165) is 13.0 Å². The van der Waals surface area contributed by atoms with Crippen molar-refractivity contribution in [2.75, 3.05) is 6.54 Å². The minimum Gasteiger partial charge on any atom is -0.293 e. The van der Waals surface area contributed by atoms with E-state index < -0.39 is 52.3 Å². The van der Waals surface area contributed by atoms with Crippen LogP contribution in [0.5, 0.6) is 0 Å². The molecule has 1 aromatic heterocycles. The summed E-state index contributed by atoms with van der Waals surface area (Å²) in [6, 6.07) is 0.870. The molecule has 160 valence electrons. The van der Waals surface area contributed by atoms with Crippen LogP contribution in [0.4, 0.5) is 13.2 Å². The number of benzene rings is 1. The van der Waals surface area contributed by atoms with Gasteiger partial charge in [0.1, 0.15) is 11.5 Å². The fraction of sp³-hybridized carbons (Fsp3) is 0.400. The van der Waals surface area contributed by atoms with Gasteiger partial charge in [-0.05, 0) is 32.9 Å². The first-order valence-electron chi connectivity index (χ1n) is 8.04. The highest BCUT2D eigenvalue weighted by molar-refractivity contribution is 7.86. The Kier molecular flexibility index (Phi) is 6.57. The van der Waals surface area contributed by atoms with Gasteiger partial charge in [0.05, 0.1) is 11.6 Å². The van der Waals surface area contributed by atoms with Crippen LogP contribution in [0.15, 0.2) is 16.9 Å². The molecule has 0 saturated heterocycles. The largest absolute Gasteiger partial charge is 0.355 e. The van der Waals surface area contributed by atoms with Crippen LogP contribution in [0.2, 0.25) is 5.02 Å². The van der Waals surface area contributed by atoms with Crippen molar-refractivity contribution in [3.8, 4) is 5.69 Å². The molecule has 0 radical (unpaired) electrons. The van der Waals surface area contributed by atoms with E-state index >= 15 is 0 Å². The zero-order valence-electron chi connectivity index (χ0n) is 15.4. The highest BCUT2D eigenvalue weighted by Gasteiger charge is 2.27. The van der Waals surface area contributed by atoms with Crippen LogP contribution in [0, 0.1) is 12.7 Å². The van der Waals surface area contributed by atoms with Gasteiger partial charge in [-0.2, -0.15) is 26.2 Å². The lowest BCUT2D eigenvalue weighted by Crippen LogP contribution is -2.44. The summed E-state index contributed by atoms with van der Waals surface area (Å²) in [6.45, 7) is 0.169. The third kappa shape index (κ3) is 4.69. The number of aromatic nitrogens is 3. The number of aryl methyl sites for hydroxylation is 1. The van der Waals surface area contributed by atoms with Crippen molar-refractivity contribution in [1.29, 1.82) is 0 Å². The monoisotopic (exact) mass is 455 g/mol. The average molecular weight is 456 g/mol. The van der Waals surface area contributed by atoms with Crippen LogP contribution in [0.25, 0.3) is 5.69 Å². The smallest absolute Gasteiger partial charge is 0.293 e. The van der Waals surface area contributed by atoms with Gasteiger partial charge in [0, 0.05) is 11.6 Å². The average Bonchev–Trinajstić information content (AvgIpc) is 2.85. The molecule has 1 heterocycles. The van der Waals surface area contributed by atoms with Gasteiger partial charge < -0.3 is 0 Å². The highest BCUT2D eigenvalue weighted by atomic mass is 35.5. The molecule has 0 saturated carbocycles. The Morgan fingerprint density at radius 3 is 2.38 bits per heavy atom. The van der Waals surface area contributed by atoms with Crippen molar-refractivity contribution in [3.05, 3.63) is 44.8 Å². The number of ketones is 1. The number of carbonyl (C=O) groups excluding carboxylic acids is 1. The Morgan fingerprint density at radius 1 is 1.34 bits per heavy atom. The fourth-order valence-corrected chi connectivity index (χ4v) is 3.71. The Labute approximate surface area is 168 Å². The van der Waals surface area contributed by atoms with Crippen LogP contribution >= 0.6 is 11.6 Å². The third-order valence-electron chi connectivity index (χ3n) is 3.94. The number of rotatable bonds is 7. The molecule has 0 unspecified atom stereocenters. The van der Waals surface area contributed by atoms with E-state index in [-0.39, 0.29) is 21.0 Å². The van der Waals surface area contributed by atoms with Gasteiger partial charge in [0.15, 0.2) is 11.6 Å². The molecule has 2 N–H and O–H groups in total. The second-order valence-corrected chi connectivity index (χ2v) is 8.19. The molecule has 2 rings (SSSR count). The molecule has 14 heteroatoms. The molecule has 1 aromatic carbocycles. The van der Waals surface area contributed by atoms with E-state index in [2.05, 4.69) is 5.10 Å². The number of nitrogens with two attached hydrogens (primary N) is 1. The molecular weight excluding hydrogens is 439 g/mol. The van der Waals surface area contributed by atoms with E-state index in [1.54, 1.807) is 0 Å². The lowest BCUT2D eigenvalue weighted by atomic mass is 10.1. The second-order valence-electron chi connectivity index (χ2n) is 6.28. The van der Waals surface area contributed by atoms with Gasteiger partial charge in [0.25, 0.3) is 10.2 Å². The fourth-order valence-electron chi connectivity index (χ4n) is 2.56. The standard InChI is InChI=1S/C15H17ClF3N5O4S/c1-7(2)22(29(20,27)28)6-13(25)9-4-12(11(17)5-10(9)16)24-15(26)23(14(18)19)8(3)21-24/h4-5,7,14H,6H2,1-3H3,(H2,20,27,28). The summed E-state index contributed by atoms with van der Waals surface area (Å²) in [5.41, 5.74) is -2.27. The molecule has 2 aromatic rings. The summed E-state index contributed by atoms with van der Waals surface area (Å²) in [5, 5.41) is 8.30. The molecule has 0 amide bonds. The molecular formula is C15H17ClF3N5O4S. The summed E-state index contributed by atoms with van der Waals surface area (Å²) in [7, 11) is -4.23. The first-order chi connectivity index (χ1) is 13.3. The van der Waals surface area contributed by atoms with Crippen LogP contribution < -0.4 is 10.8 Å². The van der Waals surface area contributed by atoms with Gasteiger partial charge in [-0.25, -0.2) is 18.9 Å². The number of nitrogens with zero attached hydrogens (tertiary/aromatic N) is 4. The number of carbonyl (C=O) groups is 1. The lowest BCUT2D eigenvalue weighted by Gasteiger charge is -2.22. The van der Waals surface area contributed by atoms with Crippen molar-refractivity contribution < 1.29 is 26.4 Å². The first kappa shape index (κ1) is 23.1. The molecule has 0 fully saturated rings. The van der Waals surface area contributed by atoms with Crippen molar-refractivity contribution in [2.24, 2.45) is 5.14 Å². The van der Waals surface area contributed by atoms with Crippen LogP contribution in [0.1, 0.15) is 36.6 Å². The van der Waals surface area contributed by atoms with Crippen molar-refractivity contribution in [2.45, 2.75) is 33.4 Å². The normalized spacial score (nSPS) is 12.4. The Bertz CT molecular complexity index is 1110.